The molecule has 0 heterocycles. The summed E-state index contributed by atoms with van der Waals surface area (Å²) in [6.45, 7) is 7.93. The van der Waals surface area contributed by atoms with Crippen LogP contribution in [0.25, 0.3) is 10.8 Å². The van der Waals surface area contributed by atoms with Crippen LogP contribution in [0.2, 0.25) is 0 Å². The molecule has 1 aliphatic carbocycles. The minimum Gasteiger partial charge on any atom is -0.480 e. The molecule has 200 valence electrons. The summed E-state index contributed by atoms with van der Waals surface area (Å²) in [5.41, 5.74) is 3.84. The zero-order valence-electron chi connectivity index (χ0n) is 22.6. The second-order valence-electron chi connectivity index (χ2n) is 10.7. The Morgan fingerprint density at radius 2 is 1.53 bits per heavy atom. The van der Waals surface area contributed by atoms with Gasteiger partial charge in [-0.25, -0.2) is 9.59 Å². The highest BCUT2D eigenvalue weighted by molar-refractivity contribution is 6.10. The number of carboxylic acid groups (broad SMARTS) is 1. The van der Waals surface area contributed by atoms with Crippen molar-refractivity contribution in [1.82, 2.24) is 5.32 Å². The second-order valence-corrected chi connectivity index (χ2v) is 10.7. The van der Waals surface area contributed by atoms with Crippen molar-refractivity contribution in [3.05, 3.63) is 70.8 Å². The lowest BCUT2D eigenvalue weighted by atomic mass is 9.70. The number of hydrogen-bond acceptors (Lipinski definition) is 3. The van der Waals surface area contributed by atoms with Crippen molar-refractivity contribution in [2.24, 2.45) is 5.41 Å². The molecule has 3 aromatic rings. The molecule has 0 radical (unpaired) electrons. The van der Waals surface area contributed by atoms with E-state index in [9.17, 15) is 19.5 Å². The van der Waals surface area contributed by atoms with Crippen LogP contribution in [-0.2, 0) is 11.2 Å². The SMILES string of the molecule is CCc1cc(C)c(NC(=O)Nc2cc3ccccc3cc2C(=O)N[C@H](C(=O)O)C2(C)CCCCC2)c(C)c1. The van der Waals surface area contributed by atoms with Gasteiger partial charge < -0.3 is 21.1 Å². The van der Waals surface area contributed by atoms with E-state index < -0.39 is 29.4 Å². The Balaban J connectivity index is 1.64. The molecule has 7 heteroatoms. The van der Waals surface area contributed by atoms with Crippen LogP contribution in [-0.4, -0.2) is 29.1 Å². The predicted octanol–water partition coefficient (Wildman–Crippen LogP) is 6.82. The van der Waals surface area contributed by atoms with Crippen molar-refractivity contribution in [2.45, 2.75) is 72.3 Å². The number of aryl methyl sites for hydroxylation is 3. The number of rotatable bonds is 7. The number of hydrogen-bond donors (Lipinski definition) is 4. The minimum atomic E-state index is -1.04. The average molecular weight is 516 g/mol. The van der Waals surface area contributed by atoms with Gasteiger partial charge in [-0.3, -0.25) is 4.79 Å². The summed E-state index contributed by atoms with van der Waals surface area (Å²) >= 11 is 0. The van der Waals surface area contributed by atoms with Gasteiger partial charge in [0.2, 0.25) is 0 Å². The Hall–Kier alpha value is -3.87. The van der Waals surface area contributed by atoms with E-state index in [1.807, 2.05) is 45.0 Å². The number of anilines is 2. The molecule has 1 aliphatic rings. The fraction of sp³-hybridized carbons (Fsp3) is 0.387. The van der Waals surface area contributed by atoms with Gasteiger partial charge in [0.15, 0.2) is 0 Å². The number of urea groups is 1. The quantitative estimate of drug-likeness (QED) is 0.277. The molecular formula is C31H37N3O4. The molecule has 7 nitrogen and oxygen atoms in total. The molecular weight excluding hydrogens is 478 g/mol. The van der Waals surface area contributed by atoms with Crippen molar-refractivity contribution in [3.63, 3.8) is 0 Å². The van der Waals surface area contributed by atoms with E-state index in [2.05, 4.69) is 35.0 Å². The average Bonchev–Trinajstić information content (AvgIpc) is 2.88. The van der Waals surface area contributed by atoms with Crippen molar-refractivity contribution < 1.29 is 19.5 Å². The Bertz CT molecular complexity index is 1350. The lowest BCUT2D eigenvalue weighted by Gasteiger charge is -2.38. The van der Waals surface area contributed by atoms with Gasteiger partial charge in [0.1, 0.15) is 6.04 Å². The van der Waals surface area contributed by atoms with E-state index in [1.54, 1.807) is 12.1 Å². The van der Waals surface area contributed by atoms with E-state index in [1.165, 1.54) is 5.56 Å². The third-order valence-electron chi connectivity index (χ3n) is 7.83. The summed E-state index contributed by atoms with van der Waals surface area (Å²) in [5.74, 6) is -1.57. The highest BCUT2D eigenvalue weighted by Crippen LogP contribution is 2.39. The fourth-order valence-corrected chi connectivity index (χ4v) is 5.64. The number of aliphatic carboxylic acids is 1. The van der Waals surface area contributed by atoms with Crippen molar-refractivity contribution in [3.8, 4) is 0 Å². The smallest absolute Gasteiger partial charge is 0.326 e. The first-order valence-electron chi connectivity index (χ1n) is 13.4. The van der Waals surface area contributed by atoms with Crippen molar-refractivity contribution in [1.29, 1.82) is 0 Å². The number of amides is 3. The molecule has 0 bridgehead atoms. The minimum absolute atomic E-state index is 0.222. The van der Waals surface area contributed by atoms with Crippen LogP contribution in [0, 0.1) is 19.3 Å². The predicted molar refractivity (Wildman–Crippen MR) is 152 cm³/mol. The summed E-state index contributed by atoms with van der Waals surface area (Å²) in [7, 11) is 0. The standard InChI is InChI=1S/C31H37N3O4/c1-5-21-15-19(2)26(20(3)16-21)33-30(38)32-25-18-23-12-8-7-11-22(23)17-24(25)28(35)34-27(29(36)37)31(4)13-9-6-10-14-31/h7-8,11-12,15-18,27H,5-6,9-10,13-14H2,1-4H3,(H,34,35)(H,36,37)(H2,32,33,38)/t27-/m1/s1. The molecule has 0 saturated heterocycles. The molecule has 1 fully saturated rings. The van der Waals surface area contributed by atoms with Gasteiger partial charge in [-0.2, -0.15) is 0 Å². The first kappa shape index (κ1) is 27.2. The van der Waals surface area contributed by atoms with Crippen LogP contribution < -0.4 is 16.0 Å². The van der Waals surface area contributed by atoms with Gasteiger partial charge in [0, 0.05) is 5.69 Å². The number of fused-ring (bicyclic) bond motifs is 1. The molecule has 38 heavy (non-hydrogen) atoms. The zero-order chi connectivity index (χ0) is 27.4. The van der Waals surface area contributed by atoms with Gasteiger partial charge in [-0.05, 0) is 78.1 Å². The van der Waals surface area contributed by atoms with Gasteiger partial charge in [-0.1, -0.05) is 69.5 Å². The second kappa shape index (κ2) is 11.3. The first-order valence-corrected chi connectivity index (χ1v) is 13.4. The molecule has 0 aromatic heterocycles. The monoisotopic (exact) mass is 515 g/mol. The maximum atomic E-state index is 13.6. The van der Waals surface area contributed by atoms with Crippen molar-refractivity contribution >= 4 is 40.1 Å². The topological polar surface area (TPSA) is 108 Å². The number of nitrogens with one attached hydrogen (secondary N) is 3. The maximum Gasteiger partial charge on any atom is 0.326 e. The lowest BCUT2D eigenvalue weighted by Crippen LogP contribution is -2.52. The van der Waals surface area contributed by atoms with E-state index in [0.29, 0.717) is 5.69 Å². The zero-order valence-corrected chi connectivity index (χ0v) is 22.6. The lowest BCUT2D eigenvalue weighted by molar-refractivity contribution is -0.143. The third-order valence-corrected chi connectivity index (χ3v) is 7.83. The van der Waals surface area contributed by atoms with Crippen LogP contribution in [0.4, 0.5) is 16.2 Å². The molecule has 4 rings (SSSR count). The van der Waals surface area contributed by atoms with E-state index >= 15 is 0 Å². The number of carbonyl (C=O) groups excluding carboxylic acids is 2. The van der Waals surface area contributed by atoms with Gasteiger partial charge >= 0.3 is 12.0 Å². The highest BCUT2D eigenvalue weighted by atomic mass is 16.4. The molecule has 0 aliphatic heterocycles. The fourth-order valence-electron chi connectivity index (χ4n) is 5.64. The third kappa shape index (κ3) is 5.82. The van der Waals surface area contributed by atoms with Crippen LogP contribution in [0.5, 0.6) is 0 Å². The maximum absolute atomic E-state index is 13.6. The Kier molecular flexibility index (Phi) is 8.05. The molecule has 3 amide bonds. The number of carbonyl (C=O) groups is 3. The van der Waals surface area contributed by atoms with Crippen molar-refractivity contribution in [2.75, 3.05) is 10.6 Å². The molecule has 1 saturated carbocycles. The van der Waals surface area contributed by atoms with Crippen LogP contribution in [0.1, 0.15) is 73.0 Å². The summed E-state index contributed by atoms with van der Waals surface area (Å²) in [6, 6.07) is 13.6. The van der Waals surface area contributed by atoms with Gasteiger partial charge in [0.25, 0.3) is 5.91 Å². The molecule has 4 N–H and O–H groups in total. The summed E-state index contributed by atoms with van der Waals surface area (Å²) in [6.07, 6.45) is 5.34. The summed E-state index contributed by atoms with van der Waals surface area (Å²) in [5, 5.41) is 20.3. The highest BCUT2D eigenvalue weighted by Gasteiger charge is 2.41. The van der Waals surface area contributed by atoms with E-state index in [4.69, 9.17) is 0 Å². The number of benzene rings is 3. The largest absolute Gasteiger partial charge is 0.480 e. The molecule has 1 atom stereocenters. The molecule has 0 spiro atoms. The van der Waals surface area contributed by atoms with E-state index in [0.717, 1.165) is 66.1 Å². The Morgan fingerprint density at radius 1 is 0.921 bits per heavy atom. The van der Waals surface area contributed by atoms with Crippen LogP contribution >= 0.6 is 0 Å². The summed E-state index contributed by atoms with van der Waals surface area (Å²) in [4.78, 5) is 39.0. The molecule has 0 unspecified atom stereocenters. The van der Waals surface area contributed by atoms with E-state index in [-0.39, 0.29) is 5.56 Å². The number of carboxylic acids is 1. The van der Waals surface area contributed by atoms with Crippen LogP contribution in [0.15, 0.2) is 48.5 Å². The Labute approximate surface area is 224 Å². The normalized spacial score (nSPS) is 15.5. The first-order chi connectivity index (χ1) is 18.1. The Morgan fingerprint density at radius 3 is 2.11 bits per heavy atom. The van der Waals surface area contributed by atoms with Crippen LogP contribution in [0.3, 0.4) is 0 Å². The van der Waals surface area contributed by atoms with Gasteiger partial charge in [0.05, 0.1) is 11.3 Å². The summed E-state index contributed by atoms with van der Waals surface area (Å²) < 4.78 is 0. The van der Waals surface area contributed by atoms with Gasteiger partial charge in [-0.15, -0.1) is 0 Å². The molecule has 3 aromatic carbocycles.